The standard InChI is InChI=1S/C13H20N4O3/c1-9(12(18)16-6-7-20-3)17-13(19)10-4-5-15-8-11(10)14-2/h4-5,8-9,14H,6-7H2,1-3H3,(H,16,18)(H,17,19). The third-order valence-corrected chi connectivity index (χ3v) is 2.68. The Morgan fingerprint density at radius 3 is 2.85 bits per heavy atom. The molecule has 0 radical (unpaired) electrons. The molecular formula is C13H20N4O3. The number of carbonyl (C=O) groups excluding carboxylic acids is 2. The van der Waals surface area contributed by atoms with Gasteiger partial charge in [0, 0.05) is 26.9 Å². The summed E-state index contributed by atoms with van der Waals surface area (Å²) >= 11 is 0. The Labute approximate surface area is 118 Å². The summed E-state index contributed by atoms with van der Waals surface area (Å²) in [7, 11) is 3.26. The van der Waals surface area contributed by atoms with Crippen LogP contribution in [0, 0.1) is 0 Å². The lowest BCUT2D eigenvalue weighted by Gasteiger charge is -2.15. The molecule has 3 N–H and O–H groups in total. The number of hydrogen-bond donors (Lipinski definition) is 3. The molecule has 1 aromatic rings. The average molecular weight is 280 g/mol. The van der Waals surface area contributed by atoms with Crippen LogP contribution in [0.4, 0.5) is 5.69 Å². The van der Waals surface area contributed by atoms with Crippen LogP contribution in [0.15, 0.2) is 18.5 Å². The zero-order valence-corrected chi connectivity index (χ0v) is 11.9. The van der Waals surface area contributed by atoms with Gasteiger partial charge in [-0.25, -0.2) is 0 Å². The third-order valence-electron chi connectivity index (χ3n) is 2.68. The summed E-state index contributed by atoms with van der Waals surface area (Å²) in [5, 5.41) is 8.18. The van der Waals surface area contributed by atoms with Crippen molar-refractivity contribution >= 4 is 17.5 Å². The highest BCUT2D eigenvalue weighted by molar-refractivity contribution is 6.01. The van der Waals surface area contributed by atoms with E-state index in [9.17, 15) is 9.59 Å². The molecule has 0 fully saturated rings. The Hall–Kier alpha value is -2.15. The van der Waals surface area contributed by atoms with Crippen molar-refractivity contribution in [1.29, 1.82) is 0 Å². The molecule has 0 spiro atoms. The molecule has 1 heterocycles. The van der Waals surface area contributed by atoms with Crippen LogP contribution in [0.2, 0.25) is 0 Å². The molecular weight excluding hydrogens is 260 g/mol. The summed E-state index contributed by atoms with van der Waals surface area (Å²) in [6, 6.07) is 0.966. The molecule has 0 aliphatic rings. The number of methoxy groups -OCH3 is 1. The van der Waals surface area contributed by atoms with Crippen LogP contribution in [0.1, 0.15) is 17.3 Å². The topological polar surface area (TPSA) is 92.4 Å². The van der Waals surface area contributed by atoms with Crippen LogP contribution in [0.3, 0.4) is 0 Å². The minimum atomic E-state index is -0.628. The van der Waals surface area contributed by atoms with Crippen molar-refractivity contribution in [1.82, 2.24) is 15.6 Å². The third kappa shape index (κ3) is 4.51. The van der Waals surface area contributed by atoms with E-state index in [1.807, 2.05) is 0 Å². The fourth-order valence-electron chi connectivity index (χ4n) is 1.56. The summed E-state index contributed by atoms with van der Waals surface area (Å²) in [4.78, 5) is 27.7. The average Bonchev–Trinajstić information content (AvgIpc) is 2.47. The fourth-order valence-corrected chi connectivity index (χ4v) is 1.56. The molecule has 20 heavy (non-hydrogen) atoms. The Morgan fingerprint density at radius 2 is 2.20 bits per heavy atom. The Morgan fingerprint density at radius 1 is 1.45 bits per heavy atom. The largest absolute Gasteiger partial charge is 0.386 e. The van der Waals surface area contributed by atoms with E-state index in [4.69, 9.17) is 4.74 Å². The van der Waals surface area contributed by atoms with E-state index in [2.05, 4.69) is 20.9 Å². The second kappa shape index (κ2) is 8.11. The van der Waals surface area contributed by atoms with Crippen LogP contribution in [0.5, 0.6) is 0 Å². The van der Waals surface area contributed by atoms with Gasteiger partial charge in [0.15, 0.2) is 0 Å². The maximum Gasteiger partial charge on any atom is 0.254 e. The minimum Gasteiger partial charge on any atom is -0.386 e. The molecule has 2 amide bonds. The van der Waals surface area contributed by atoms with Crippen molar-refractivity contribution < 1.29 is 14.3 Å². The number of amides is 2. The van der Waals surface area contributed by atoms with Gasteiger partial charge in [-0.15, -0.1) is 0 Å². The van der Waals surface area contributed by atoms with E-state index in [1.54, 1.807) is 33.3 Å². The van der Waals surface area contributed by atoms with Gasteiger partial charge in [-0.2, -0.15) is 0 Å². The first-order valence-corrected chi connectivity index (χ1v) is 6.29. The zero-order chi connectivity index (χ0) is 15.0. The lowest BCUT2D eigenvalue weighted by molar-refractivity contribution is -0.122. The van der Waals surface area contributed by atoms with E-state index in [-0.39, 0.29) is 11.8 Å². The summed E-state index contributed by atoms with van der Waals surface area (Å²) in [5.74, 6) is -0.582. The minimum absolute atomic E-state index is 0.254. The molecule has 7 nitrogen and oxygen atoms in total. The smallest absolute Gasteiger partial charge is 0.254 e. The molecule has 0 saturated heterocycles. The molecule has 1 rings (SSSR count). The van der Waals surface area contributed by atoms with Crippen molar-refractivity contribution in [2.24, 2.45) is 0 Å². The van der Waals surface area contributed by atoms with Gasteiger partial charge in [0.1, 0.15) is 6.04 Å². The fraction of sp³-hybridized carbons (Fsp3) is 0.462. The first-order chi connectivity index (χ1) is 9.60. The second-order valence-corrected chi connectivity index (χ2v) is 4.15. The molecule has 7 heteroatoms. The van der Waals surface area contributed by atoms with Crippen LogP contribution in [0.25, 0.3) is 0 Å². The van der Waals surface area contributed by atoms with E-state index in [0.29, 0.717) is 24.4 Å². The Kier molecular flexibility index (Phi) is 6.45. The molecule has 0 aliphatic carbocycles. The van der Waals surface area contributed by atoms with Gasteiger partial charge in [0.2, 0.25) is 5.91 Å². The van der Waals surface area contributed by atoms with Gasteiger partial charge in [0.25, 0.3) is 5.91 Å². The van der Waals surface area contributed by atoms with Crippen molar-refractivity contribution in [3.63, 3.8) is 0 Å². The SMILES string of the molecule is CNc1cnccc1C(=O)NC(C)C(=O)NCCOC. The highest BCUT2D eigenvalue weighted by Crippen LogP contribution is 2.12. The van der Waals surface area contributed by atoms with E-state index in [1.165, 1.54) is 6.20 Å². The molecule has 0 saturated carbocycles. The van der Waals surface area contributed by atoms with Crippen LogP contribution in [-0.4, -0.2) is 50.1 Å². The maximum absolute atomic E-state index is 12.1. The molecule has 1 atom stereocenters. The van der Waals surface area contributed by atoms with Gasteiger partial charge >= 0.3 is 0 Å². The second-order valence-electron chi connectivity index (χ2n) is 4.15. The number of pyridine rings is 1. The van der Waals surface area contributed by atoms with Gasteiger partial charge < -0.3 is 20.7 Å². The first kappa shape index (κ1) is 15.9. The monoisotopic (exact) mass is 280 g/mol. The molecule has 1 aromatic heterocycles. The predicted molar refractivity (Wildman–Crippen MR) is 75.6 cm³/mol. The van der Waals surface area contributed by atoms with Gasteiger partial charge in [-0.1, -0.05) is 0 Å². The van der Waals surface area contributed by atoms with E-state index >= 15 is 0 Å². The summed E-state index contributed by atoms with van der Waals surface area (Å²) in [6.07, 6.45) is 3.08. The van der Waals surface area contributed by atoms with Crippen molar-refractivity contribution in [3.8, 4) is 0 Å². The lowest BCUT2D eigenvalue weighted by atomic mass is 10.2. The predicted octanol–water partition coefficient (Wildman–Crippen LogP) is 0.00420. The number of aromatic nitrogens is 1. The Balaban J connectivity index is 2.59. The summed E-state index contributed by atoms with van der Waals surface area (Å²) < 4.78 is 4.84. The number of rotatable bonds is 7. The molecule has 0 bridgehead atoms. The number of hydrogen-bond acceptors (Lipinski definition) is 5. The normalized spacial score (nSPS) is 11.6. The number of ether oxygens (including phenoxy) is 1. The molecule has 1 unspecified atom stereocenters. The van der Waals surface area contributed by atoms with Gasteiger partial charge in [-0.05, 0) is 13.0 Å². The highest BCUT2D eigenvalue weighted by Gasteiger charge is 2.17. The number of anilines is 1. The van der Waals surface area contributed by atoms with Crippen molar-refractivity contribution in [2.45, 2.75) is 13.0 Å². The van der Waals surface area contributed by atoms with Crippen molar-refractivity contribution in [2.75, 3.05) is 32.6 Å². The highest BCUT2D eigenvalue weighted by atomic mass is 16.5. The van der Waals surface area contributed by atoms with E-state index < -0.39 is 6.04 Å². The maximum atomic E-state index is 12.1. The number of nitrogens with zero attached hydrogens (tertiary/aromatic N) is 1. The van der Waals surface area contributed by atoms with Crippen LogP contribution in [-0.2, 0) is 9.53 Å². The van der Waals surface area contributed by atoms with Gasteiger partial charge in [-0.3, -0.25) is 14.6 Å². The molecule has 0 aliphatic heterocycles. The quantitative estimate of drug-likeness (QED) is 0.612. The van der Waals surface area contributed by atoms with E-state index in [0.717, 1.165) is 0 Å². The van der Waals surface area contributed by atoms with Gasteiger partial charge in [0.05, 0.1) is 24.1 Å². The summed E-state index contributed by atoms with van der Waals surface area (Å²) in [6.45, 7) is 2.47. The lowest BCUT2D eigenvalue weighted by Crippen LogP contribution is -2.45. The molecule has 0 aromatic carbocycles. The van der Waals surface area contributed by atoms with Crippen molar-refractivity contribution in [3.05, 3.63) is 24.0 Å². The zero-order valence-electron chi connectivity index (χ0n) is 11.9. The molecule has 110 valence electrons. The summed E-state index contributed by atoms with van der Waals surface area (Å²) in [5.41, 5.74) is 1.05. The Bertz CT molecular complexity index is 465. The first-order valence-electron chi connectivity index (χ1n) is 6.29. The number of carbonyl (C=O) groups is 2. The number of nitrogens with one attached hydrogen (secondary N) is 3. The van der Waals surface area contributed by atoms with Crippen LogP contribution < -0.4 is 16.0 Å². The van der Waals surface area contributed by atoms with Crippen LogP contribution >= 0.6 is 0 Å².